The van der Waals surface area contributed by atoms with Crippen LogP contribution in [0.15, 0.2) is 53.0 Å². The van der Waals surface area contributed by atoms with Gasteiger partial charge in [-0.25, -0.2) is 9.50 Å². The van der Waals surface area contributed by atoms with Gasteiger partial charge in [0.25, 0.3) is 11.6 Å². The number of benzene rings is 2. The second-order valence-corrected chi connectivity index (χ2v) is 8.07. The minimum Gasteiger partial charge on any atom is -0.497 e. The van der Waals surface area contributed by atoms with E-state index in [9.17, 15) is 28.1 Å². The number of carbonyl (C=O) groups is 1. The highest BCUT2D eigenvalue weighted by Crippen LogP contribution is 2.35. The van der Waals surface area contributed by atoms with Gasteiger partial charge in [-0.15, -0.1) is 0 Å². The van der Waals surface area contributed by atoms with Crippen molar-refractivity contribution in [2.24, 2.45) is 0 Å². The Morgan fingerprint density at radius 1 is 1.08 bits per heavy atom. The smallest absolute Gasteiger partial charge is 0.433 e. The van der Waals surface area contributed by atoms with Crippen molar-refractivity contribution in [3.05, 3.63) is 74.5 Å². The maximum atomic E-state index is 13.9. The third kappa shape index (κ3) is 4.79. The zero-order valence-electron chi connectivity index (χ0n) is 18.5. The van der Waals surface area contributed by atoms with Crippen LogP contribution in [0, 0.1) is 10.1 Å². The molecule has 14 heteroatoms. The number of hydrogen-bond acceptors (Lipinski definition) is 7. The van der Waals surface area contributed by atoms with Crippen molar-refractivity contribution in [3.8, 4) is 22.8 Å². The number of alkyl halides is 3. The first-order chi connectivity index (χ1) is 17.0. The number of non-ortho nitro benzene ring substituents is 1. The Balaban J connectivity index is 1.80. The number of anilines is 1. The van der Waals surface area contributed by atoms with Crippen LogP contribution < -0.4 is 14.8 Å². The Kier molecular flexibility index (Phi) is 6.54. The van der Waals surface area contributed by atoms with Gasteiger partial charge in [-0.2, -0.15) is 18.3 Å². The Morgan fingerprint density at radius 2 is 1.75 bits per heavy atom. The molecule has 0 saturated carbocycles. The molecular weight excluding hydrogens is 551 g/mol. The summed E-state index contributed by atoms with van der Waals surface area (Å²) in [5.41, 5.74) is -1.82. The second-order valence-electron chi connectivity index (χ2n) is 7.28. The number of hydrogen-bond donors (Lipinski definition) is 1. The standard InChI is InChI=1S/C22H15BrF3N5O5/c1-35-14-5-3-11(4-6-14)16-10-17(22(24,25)26)30-20(28-16)18(23)19(29-30)21(32)27-12-7-13(31(33)34)9-15(8-12)36-2/h3-10H,1-2H3,(H,27,32). The minimum atomic E-state index is -4.82. The Bertz CT molecular complexity index is 1490. The molecule has 2 heterocycles. The van der Waals surface area contributed by atoms with Crippen molar-refractivity contribution < 1.29 is 32.4 Å². The first-order valence-corrected chi connectivity index (χ1v) is 10.8. The number of nitro benzene ring substituents is 1. The third-order valence-electron chi connectivity index (χ3n) is 5.02. The van der Waals surface area contributed by atoms with Crippen molar-refractivity contribution in [3.63, 3.8) is 0 Å². The van der Waals surface area contributed by atoms with E-state index >= 15 is 0 Å². The number of rotatable bonds is 6. The fraction of sp³-hybridized carbons (Fsp3) is 0.136. The lowest BCUT2D eigenvalue weighted by Crippen LogP contribution is -2.16. The van der Waals surface area contributed by atoms with Gasteiger partial charge in [0.15, 0.2) is 17.0 Å². The normalized spacial score (nSPS) is 11.4. The van der Waals surface area contributed by atoms with Crippen molar-refractivity contribution in [2.45, 2.75) is 6.18 Å². The van der Waals surface area contributed by atoms with Crippen molar-refractivity contribution in [1.82, 2.24) is 14.6 Å². The molecule has 0 aliphatic heterocycles. The molecule has 0 radical (unpaired) electrons. The van der Waals surface area contributed by atoms with Crippen LogP contribution in [0.25, 0.3) is 16.9 Å². The first kappa shape index (κ1) is 24.9. The number of nitrogens with zero attached hydrogens (tertiary/aromatic N) is 4. The lowest BCUT2D eigenvalue weighted by atomic mass is 10.1. The summed E-state index contributed by atoms with van der Waals surface area (Å²) >= 11 is 3.14. The summed E-state index contributed by atoms with van der Waals surface area (Å²) in [6.07, 6.45) is -4.82. The monoisotopic (exact) mass is 565 g/mol. The average molecular weight is 566 g/mol. The van der Waals surface area contributed by atoms with Crippen molar-refractivity contribution in [1.29, 1.82) is 0 Å². The SMILES string of the molecule is COc1ccc(-c2cc(C(F)(F)F)n3nc(C(=O)Nc4cc(OC)cc([N+](=O)[O-])c4)c(Br)c3n2)cc1. The topological polar surface area (TPSA) is 121 Å². The van der Waals surface area contributed by atoms with Crippen LogP contribution in [0.1, 0.15) is 16.2 Å². The Hall–Kier alpha value is -4.20. The molecule has 0 atom stereocenters. The first-order valence-electron chi connectivity index (χ1n) is 9.97. The van der Waals surface area contributed by atoms with E-state index in [0.29, 0.717) is 15.8 Å². The van der Waals surface area contributed by atoms with Gasteiger partial charge < -0.3 is 14.8 Å². The molecule has 0 aliphatic carbocycles. The van der Waals surface area contributed by atoms with Gasteiger partial charge in [0.05, 0.1) is 41.1 Å². The van der Waals surface area contributed by atoms with Crippen LogP contribution in [0.3, 0.4) is 0 Å². The Morgan fingerprint density at radius 3 is 2.33 bits per heavy atom. The van der Waals surface area contributed by atoms with E-state index in [1.165, 1.54) is 20.3 Å². The van der Waals surface area contributed by atoms with Crippen LogP contribution in [0.5, 0.6) is 11.5 Å². The van der Waals surface area contributed by atoms with Gasteiger partial charge >= 0.3 is 6.18 Å². The number of carbonyl (C=O) groups excluding carboxylic acids is 1. The molecule has 2 aromatic carbocycles. The largest absolute Gasteiger partial charge is 0.497 e. The molecule has 0 aliphatic rings. The second kappa shape index (κ2) is 9.45. The quantitative estimate of drug-likeness (QED) is 0.247. The van der Waals surface area contributed by atoms with Crippen molar-refractivity contribution in [2.75, 3.05) is 19.5 Å². The molecule has 0 bridgehead atoms. The molecule has 4 rings (SSSR count). The Labute approximate surface area is 208 Å². The van der Waals surface area contributed by atoms with Gasteiger partial charge in [-0.3, -0.25) is 14.9 Å². The summed E-state index contributed by atoms with van der Waals surface area (Å²) in [6.45, 7) is 0. The number of halogens is 4. The van der Waals surface area contributed by atoms with Gasteiger partial charge in [0.2, 0.25) is 0 Å². The van der Waals surface area contributed by atoms with E-state index in [0.717, 1.165) is 18.2 Å². The van der Waals surface area contributed by atoms with Crippen LogP contribution in [0.2, 0.25) is 0 Å². The molecule has 10 nitrogen and oxygen atoms in total. The maximum Gasteiger partial charge on any atom is 0.433 e. The molecule has 0 unspecified atom stereocenters. The molecule has 0 spiro atoms. The van der Waals surface area contributed by atoms with Crippen molar-refractivity contribution >= 4 is 38.9 Å². The summed E-state index contributed by atoms with van der Waals surface area (Å²) in [5.74, 6) is -0.314. The molecule has 0 saturated heterocycles. The zero-order valence-corrected chi connectivity index (χ0v) is 20.0. The highest BCUT2D eigenvalue weighted by atomic mass is 79.9. The minimum absolute atomic E-state index is 0.00606. The van der Waals surface area contributed by atoms with Gasteiger partial charge in [-0.05, 0) is 46.3 Å². The molecule has 36 heavy (non-hydrogen) atoms. The fourth-order valence-corrected chi connectivity index (χ4v) is 3.83. The predicted molar refractivity (Wildman–Crippen MR) is 125 cm³/mol. The van der Waals surface area contributed by atoms with Crippen LogP contribution >= 0.6 is 15.9 Å². The zero-order chi connectivity index (χ0) is 26.2. The van der Waals surface area contributed by atoms with Gasteiger partial charge in [0, 0.05) is 17.7 Å². The number of aromatic nitrogens is 3. The molecule has 1 N–H and O–H groups in total. The summed E-state index contributed by atoms with van der Waals surface area (Å²) < 4.78 is 52.3. The molecule has 186 valence electrons. The third-order valence-corrected chi connectivity index (χ3v) is 5.75. The highest BCUT2D eigenvalue weighted by Gasteiger charge is 2.36. The van der Waals surface area contributed by atoms with E-state index in [1.54, 1.807) is 24.3 Å². The van der Waals surface area contributed by atoms with Crippen LogP contribution in [0.4, 0.5) is 24.5 Å². The fourth-order valence-electron chi connectivity index (χ4n) is 3.32. The predicted octanol–water partition coefficient (Wildman–Crippen LogP) is 5.36. The highest BCUT2D eigenvalue weighted by molar-refractivity contribution is 9.10. The number of fused-ring (bicyclic) bond motifs is 1. The number of ether oxygens (including phenoxy) is 2. The van der Waals surface area contributed by atoms with E-state index in [1.807, 2.05) is 0 Å². The number of nitrogens with one attached hydrogen (secondary N) is 1. The van der Waals surface area contributed by atoms with Crippen LogP contribution in [-0.2, 0) is 6.18 Å². The number of amides is 1. The summed E-state index contributed by atoms with van der Waals surface area (Å²) in [4.78, 5) is 27.7. The molecule has 4 aromatic rings. The molecular formula is C22H15BrF3N5O5. The average Bonchev–Trinajstić information content (AvgIpc) is 3.19. The van der Waals surface area contributed by atoms with Gasteiger partial charge in [-0.1, -0.05) is 0 Å². The summed E-state index contributed by atoms with van der Waals surface area (Å²) in [7, 11) is 2.74. The molecule has 0 fully saturated rings. The lowest BCUT2D eigenvalue weighted by Gasteiger charge is -2.11. The van der Waals surface area contributed by atoms with Gasteiger partial charge in [0.1, 0.15) is 11.5 Å². The number of nitro groups is 1. The maximum absolute atomic E-state index is 13.9. The van der Waals surface area contributed by atoms with E-state index in [-0.39, 0.29) is 32.9 Å². The molecule has 2 aromatic heterocycles. The van der Waals surface area contributed by atoms with Crippen LogP contribution in [-0.4, -0.2) is 39.6 Å². The van der Waals surface area contributed by atoms with E-state index in [4.69, 9.17) is 9.47 Å². The summed E-state index contributed by atoms with van der Waals surface area (Å²) in [5, 5.41) is 17.4. The van der Waals surface area contributed by atoms with E-state index < -0.39 is 28.4 Å². The number of methoxy groups -OCH3 is 2. The lowest BCUT2D eigenvalue weighted by molar-refractivity contribution is -0.384. The summed E-state index contributed by atoms with van der Waals surface area (Å²) in [6, 6.07) is 10.6. The van der Waals surface area contributed by atoms with E-state index in [2.05, 4.69) is 31.3 Å². The molecule has 1 amide bonds.